The van der Waals surface area contributed by atoms with E-state index in [9.17, 15) is 4.79 Å². The predicted octanol–water partition coefficient (Wildman–Crippen LogP) is 0.812. The first-order valence-corrected chi connectivity index (χ1v) is 6.46. The van der Waals surface area contributed by atoms with Crippen molar-refractivity contribution in [2.75, 3.05) is 26.7 Å². The van der Waals surface area contributed by atoms with Crippen LogP contribution in [0.1, 0.15) is 27.7 Å². The van der Waals surface area contributed by atoms with Crippen molar-refractivity contribution in [3.8, 4) is 0 Å². The second kappa shape index (κ2) is 11.9. The number of nitrogens with one attached hydrogen (secondary N) is 2. The van der Waals surface area contributed by atoms with Gasteiger partial charge < -0.3 is 20.3 Å². The van der Waals surface area contributed by atoms with Crippen LogP contribution < -0.4 is 10.6 Å². The van der Waals surface area contributed by atoms with Crippen molar-refractivity contribution in [1.29, 1.82) is 0 Å². The van der Waals surface area contributed by atoms with E-state index in [1.807, 2.05) is 25.5 Å². The summed E-state index contributed by atoms with van der Waals surface area (Å²) in [6.07, 6.45) is 0. The molecule has 0 saturated carbocycles. The minimum Gasteiger partial charge on any atom is -0.338 e. The van der Waals surface area contributed by atoms with E-state index in [1.165, 1.54) is 5.57 Å². The quantitative estimate of drug-likeness (QED) is 0.730. The van der Waals surface area contributed by atoms with E-state index in [-0.39, 0.29) is 5.91 Å². The average molecular weight is 271 g/mol. The summed E-state index contributed by atoms with van der Waals surface area (Å²) in [5.74, 6) is 0.197. The molecule has 1 rings (SSSR count). The molecule has 5 nitrogen and oxygen atoms in total. The Morgan fingerprint density at radius 1 is 1.26 bits per heavy atom. The first kappa shape index (κ1) is 20.1. The lowest BCUT2D eigenvalue weighted by Gasteiger charge is -2.36. The molecule has 19 heavy (non-hydrogen) atoms. The lowest BCUT2D eigenvalue weighted by molar-refractivity contribution is -0.131. The molecule has 1 aliphatic rings. The molecule has 1 saturated heterocycles. The van der Waals surface area contributed by atoms with Crippen LogP contribution in [0.25, 0.3) is 0 Å². The standard InChI is InChI=1S/C9H19N3O.C4H8.CH2O/c1-7-5-12(6-8(2)11-7)9(13)4-10-3;1-4(2)3;1-2/h7-8,10-11H,4-6H2,1-3H3;1H2,2-3H3;1H2. The Morgan fingerprint density at radius 2 is 1.63 bits per heavy atom. The van der Waals surface area contributed by atoms with Gasteiger partial charge in [0.1, 0.15) is 6.79 Å². The molecule has 0 radical (unpaired) electrons. The van der Waals surface area contributed by atoms with Gasteiger partial charge in [-0.1, -0.05) is 5.57 Å². The summed E-state index contributed by atoms with van der Waals surface area (Å²) in [5.41, 5.74) is 1.17. The Morgan fingerprint density at radius 3 is 1.95 bits per heavy atom. The van der Waals surface area contributed by atoms with Crippen molar-refractivity contribution < 1.29 is 9.59 Å². The number of hydrogen-bond acceptors (Lipinski definition) is 4. The summed E-state index contributed by atoms with van der Waals surface area (Å²) < 4.78 is 0. The highest BCUT2D eigenvalue weighted by molar-refractivity contribution is 5.78. The number of allylic oxidation sites excluding steroid dienone is 1. The van der Waals surface area contributed by atoms with Crippen LogP contribution in [0.5, 0.6) is 0 Å². The van der Waals surface area contributed by atoms with Crippen LogP contribution in [-0.2, 0) is 9.59 Å². The Hall–Kier alpha value is -1.20. The molecule has 0 aromatic heterocycles. The van der Waals surface area contributed by atoms with E-state index >= 15 is 0 Å². The van der Waals surface area contributed by atoms with Crippen LogP contribution in [0.4, 0.5) is 0 Å². The van der Waals surface area contributed by atoms with Crippen molar-refractivity contribution >= 4 is 12.7 Å². The fourth-order valence-electron chi connectivity index (χ4n) is 1.79. The van der Waals surface area contributed by atoms with Gasteiger partial charge in [0.15, 0.2) is 0 Å². The number of rotatable bonds is 2. The average Bonchev–Trinajstić information content (AvgIpc) is 2.30. The molecule has 112 valence electrons. The van der Waals surface area contributed by atoms with Crippen molar-refractivity contribution in [1.82, 2.24) is 15.5 Å². The van der Waals surface area contributed by atoms with Gasteiger partial charge in [-0.05, 0) is 34.7 Å². The minimum atomic E-state index is 0.197. The fourth-order valence-corrected chi connectivity index (χ4v) is 1.79. The molecule has 2 N–H and O–H groups in total. The third-order valence-electron chi connectivity index (χ3n) is 2.24. The number of carbonyl (C=O) groups is 2. The van der Waals surface area contributed by atoms with Crippen LogP contribution in [0.2, 0.25) is 0 Å². The lowest BCUT2D eigenvalue weighted by Crippen LogP contribution is -2.57. The molecule has 1 heterocycles. The van der Waals surface area contributed by atoms with Gasteiger partial charge in [-0.25, -0.2) is 0 Å². The second-order valence-electron chi connectivity index (χ2n) is 5.00. The number of hydrogen-bond donors (Lipinski definition) is 2. The van der Waals surface area contributed by atoms with Gasteiger partial charge in [-0.2, -0.15) is 0 Å². The molecule has 5 heteroatoms. The van der Waals surface area contributed by atoms with Crippen molar-refractivity contribution in [3.63, 3.8) is 0 Å². The Labute approximate surface area is 117 Å². The van der Waals surface area contributed by atoms with Crippen molar-refractivity contribution in [2.45, 2.75) is 39.8 Å². The van der Waals surface area contributed by atoms with Gasteiger partial charge in [0.25, 0.3) is 0 Å². The predicted molar refractivity (Wildman–Crippen MR) is 80.2 cm³/mol. The zero-order valence-corrected chi connectivity index (χ0v) is 13.0. The summed E-state index contributed by atoms with van der Waals surface area (Å²) in [6, 6.07) is 0.814. The Balaban J connectivity index is 0. The third kappa shape index (κ3) is 11.6. The van der Waals surface area contributed by atoms with E-state index in [2.05, 4.69) is 31.1 Å². The largest absolute Gasteiger partial charge is 0.338 e. The van der Waals surface area contributed by atoms with Crippen LogP contribution in [0.3, 0.4) is 0 Å². The third-order valence-corrected chi connectivity index (χ3v) is 2.24. The number of amides is 1. The molecule has 2 atom stereocenters. The number of piperazine rings is 1. The SMILES string of the molecule is C=C(C)C.C=O.CNCC(=O)N1CC(C)NC(C)C1. The lowest BCUT2D eigenvalue weighted by atomic mass is 10.1. The van der Waals surface area contributed by atoms with Gasteiger partial charge in [-0.15, -0.1) is 6.58 Å². The molecule has 0 aliphatic carbocycles. The molecule has 0 spiro atoms. The van der Waals surface area contributed by atoms with E-state index in [0.717, 1.165) is 13.1 Å². The summed E-state index contributed by atoms with van der Waals surface area (Å²) >= 11 is 0. The minimum absolute atomic E-state index is 0.197. The summed E-state index contributed by atoms with van der Waals surface area (Å²) in [4.78, 5) is 21.4. The molecule has 0 aromatic carbocycles. The van der Waals surface area contributed by atoms with E-state index < -0.39 is 0 Å². The maximum atomic E-state index is 11.5. The molecule has 1 fully saturated rings. The van der Waals surface area contributed by atoms with E-state index in [0.29, 0.717) is 18.6 Å². The highest BCUT2D eigenvalue weighted by Gasteiger charge is 2.23. The molecule has 0 aromatic rings. The maximum absolute atomic E-state index is 11.5. The molecule has 2 unspecified atom stereocenters. The summed E-state index contributed by atoms with van der Waals surface area (Å²) in [7, 11) is 1.80. The van der Waals surface area contributed by atoms with Crippen molar-refractivity contribution in [2.24, 2.45) is 0 Å². The highest BCUT2D eigenvalue weighted by Crippen LogP contribution is 2.03. The van der Waals surface area contributed by atoms with E-state index in [4.69, 9.17) is 4.79 Å². The van der Waals surface area contributed by atoms with Gasteiger partial charge in [0.2, 0.25) is 5.91 Å². The monoisotopic (exact) mass is 271 g/mol. The molecule has 1 aliphatic heterocycles. The van der Waals surface area contributed by atoms with Crippen LogP contribution in [-0.4, -0.2) is 56.4 Å². The number of nitrogens with zero attached hydrogens (tertiary/aromatic N) is 1. The molecular weight excluding hydrogens is 242 g/mol. The van der Waals surface area contributed by atoms with Crippen LogP contribution in [0.15, 0.2) is 12.2 Å². The maximum Gasteiger partial charge on any atom is 0.236 e. The zero-order chi connectivity index (χ0) is 15.4. The fraction of sp³-hybridized carbons (Fsp3) is 0.714. The Kier molecular flexibility index (Phi) is 12.6. The van der Waals surface area contributed by atoms with Gasteiger partial charge in [0.05, 0.1) is 6.54 Å². The summed E-state index contributed by atoms with van der Waals surface area (Å²) in [5, 5.41) is 6.27. The van der Waals surface area contributed by atoms with Gasteiger partial charge in [-0.3, -0.25) is 4.79 Å². The molecular formula is C14H29N3O2. The molecule has 1 amide bonds. The van der Waals surface area contributed by atoms with Crippen LogP contribution >= 0.6 is 0 Å². The first-order valence-electron chi connectivity index (χ1n) is 6.46. The first-order chi connectivity index (χ1) is 8.86. The van der Waals surface area contributed by atoms with Crippen molar-refractivity contribution in [3.05, 3.63) is 12.2 Å². The smallest absolute Gasteiger partial charge is 0.236 e. The van der Waals surface area contributed by atoms with Gasteiger partial charge in [0, 0.05) is 25.2 Å². The second-order valence-corrected chi connectivity index (χ2v) is 5.00. The molecule has 0 bridgehead atoms. The topological polar surface area (TPSA) is 61.4 Å². The number of likely N-dealkylation sites (N-methyl/N-ethyl adjacent to an activating group) is 1. The van der Waals surface area contributed by atoms with Gasteiger partial charge >= 0.3 is 0 Å². The zero-order valence-electron chi connectivity index (χ0n) is 13.0. The van der Waals surface area contributed by atoms with Crippen LogP contribution in [0, 0.1) is 0 Å². The number of carbonyl (C=O) groups excluding carboxylic acids is 2. The Bertz CT molecular complexity index is 255. The highest BCUT2D eigenvalue weighted by atomic mass is 16.2. The summed E-state index contributed by atoms with van der Waals surface area (Å²) in [6.45, 7) is 15.8. The van der Waals surface area contributed by atoms with E-state index in [1.54, 1.807) is 7.05 Å². The normalized spacial score (nSPS) is 21.4.